The fraction of sp³-hybridized carbons (Fsp3) is 0.143. The largest absolute Gasteiger partial charge is 0.418 e. The van der Waals surface area contributed by atoms with Gasteiger partial charge in [0, 0.05) is 37.7 Å². The summed E-state index contributed by atoms with van der Waals surface area (Å²) >= 11 is 0. The molecule has 0 saturated heterocycles. The molecule has 2 N–H and O–H groups in total. The van der Waals surface area contributed by atoms with E-state index in [0.717, 1.165) is 6.07 Å². The van der Waals surface area contributed by atoms with E-state index in [1.807, 2.05) is 0 Å². The second-order valence-electron chi connectivity index (χ2n) is 6.94. The first kappa shape index (κ1) is 23.1. The van der Waals surface area contributed by atoms with E-state index in [4.69, 9.17) is 0 Å². The number of nitrogens with zero attached hydrogens (tertiary/aromatic N) is 2. The van der Waals surface area contributed by atoms with Gasteiger partial charge >= 0.3 is 6.18 Å². The number of benzene rings is 2. The molecule has 3 aromatic rings. The van der Waals surface area contributed by atoms with Crippen molar-refractivity contribution in [1.82, 2.24) is 4.98 Å². The standard InChI is InChI=1S/C21H19F3N4O3S/c1-28(2)16-5-8-19(18(13-16)21(22,23)24)26-20(29)14-3-6-17(7-4-14)32(30,31)27-15-9-11-25-12-10-15/h3-13H,1-2H3,(H,25,27)(H,26,29). The summed E-state index contributed by atoms with van der Waals surface area (Å²) in [5, 5.41) is 2.25. The van der Waals surface area contributed by atoms with Gasteiger partial charge in [0.05, 0.1) is 21.8 Å². The minimum Gasteiger partial charge on any atom is -0.378 e. The molecule has 3 rings (SSSR count). The maximum atomic E-state index is 13.5. The fourth-order valence-electron chi connectivity index (χ4n) is 2.77. The first-order valence-electron chi connectivity index (χ1n) is 9.20. The summed E-state index contributed by atoms with van der Waals surface area (Å²) in [4.78, 5) is 17.7. The molecule has 0 unspecified atom stereocenters. The van der Waals surface area contributed by atoms with E-state index in [2.05, 4.69) is 15.0 Å². The normalized spacial score (nSPS) is 11.7. The third kappa shape index (κ3) is 5.35. The lowest BCUT2D eigenvalue weighted by molar-refractivity contribution is -0.136. The summed E-state index contributed by atoms with van der Waals surface area (Å²) in [6, 6.07) is 11.3. The van der Waals surface area contributed by atoms with Crippen LogP contribution < -0.4 is 14.9 Å². The van der Waals surface area contributed by atoms with Gasteiger partial charge in [0.1, 0.15) is 0 Å². The van der Waals surface area contributed by atoms with Gasteiger partial charge in [-0.25, -0.2) is 8.42 Å². The molecular weight excluding hydrogens is 445 g/mol. The summed E-state index contributed by atoms with van der Waals surface area (Å²) in [6.07, 6.45) is -1.83. The van der Waals surface area contributed by atoms with Crippen LogP contribution in [0, 0.1) is 0 Å². The third-order valence-corrected chi connectivity index (χ3v) is 5.83. The van der Waals surface area contributed by atoms with Crippen LogP contribution in [-0.4, -0.2) is 33.4 Å². The monoisotopic (exact) mass is 464 g/mol. The van der Waals surface area contributed by atoms with Crippen LogP contribution >= 0.6 is 0 Å². The number of aromatic nitrogens is 1. The Labute approximate surface area is 183 Å². The number of pyridine rings is 1. The number of halogens is 3. The van der Waals surface area contributed by atoms with E-state index in [-0.39, 0.29) is 10.5 Å². The molecule has 2 aromatic carbocycles. The third-order valence-electron chi connectivity index (χ3n) is 4.43. The molecule has 168 valence electrons. The molecule has 0 radical (unpaired) electrons. The molecule has 1 amide bonds. The molecule has 1 heterocycles. The van der Waals surface area contributed by atoms with Crippen LogP contribution in [0.5, 0.6) is 0 Å². The molecular formula is C21H19F3N4O3S. The van der Waals surface area contributed by atoms with Crippen LogP contribution in [0.25, 0.3) is 0 Å². The predicted molar refractivity (Wildman–Crippen MR) is 115 cm³/mol. The summed E-state index contributed by atoms with van der Waals surface area (Å²) in [6.45, 7) is 0. The number of amides is 1. The first-order valence-corrected chi connectivity index (χ1v) is 10.7. The zero-order valence-electron chi connectivity index (χ0n) is 17.0. The number of hydrogen-bond acceptors (Lipinski definition) is 5. The Morgan fingerprint density at radius 1 is 0.969 bits per heavy atom. The van der Waals surface area contributed by atoms with Crippen LogP contribution in [0.4, 0.5) is 30.2 Å². The molecule has 0 aliphatic heterocycles. The molecule has 0 spiro atoms. The van der Waals surface area contributed by atoms with Gasteiger partial charge in [0.2, 0.25) is 0 Å². The number of carbonyl (C=O) groups excluding carboxylic acids is 1. The van der Waals surface area contributed by atoms with Crippen molar-refractivity contribution in [3.05, 3.63) is 78.1 Å². The van der Waals surface area contributed by atoms with Gasteiger partial charge in [-0.3, -0.25) is 14.5 Å². The topological polar surface area (TPSA) is 91.4 Å². The zero-order valence-corrected chi connectivity index (χ0v) is 17.8. The Morgan fingerprint density at radius 2 is 1.59 bits per heavy atom. The van der Waals surface area contributed by atoms with Crippen LogP contribution in [0.3, 0.4) is 0 Å². The van der Waals surface area contributed by atoms with Crippen molar-refractivity contribution in [2.75, 3.05) is 29.0 Å². The Hall–Kier alpha value is -3.60. The van der Waals surface area contributed by atoms with Crippen LogP contribution in [-0.2, 0) is 16.2 Å². The van der Waals surface area contributed by atoms with Gasteiger partial charge in [0.25, 0.3) is 15.9 Å². The molecule has 7 nitrogen and oxygen atoms in total. The zero-order chi connectivity index (χ0) is 23.5. The molecule has 1 aromatic heterocycles. The SMILES string of the molecule is CN(C)c1ccc(NC(=O)c2ccc(S(=O)(=O)Nc3ccncc3)cc2)c(C(F)(F)F)c1. The minimum atomic E-state index is -4.68. The van der Waals surface area contributed by atoms with Crippen LogP contribution in [0.15, 0.2) is 71.9 Å². The van der Waals surface area contributed by atoms with Crippen molar-refractivity contribution < 1.29 is 26.4 Å². The predicted octanol–water partition coefficient (Wildman–Crippen LogP) is 4.22. The summed E-state index contributed by atoms with van der Waals surface area (Å²) in [5.74, 6) is -0.806. The summed E-state index contributed by atoms with van der Waals surface area (Å²) in [7, 11) is -0.708. The Balaban J connectivity index is 1.81. The van der Waals surface area contributed by atoms with Crippen molar-refractivity contribution in [1.29, 1.82) is 0 Å². The Bertz CT molecular complexity index is 1210. The highest BCUT2D eigenvalue weighted by molar-refractivity contribution is 7.92. The summed E-state index contributed by atoms with van der Waals surface area (Å²) < 4.78 is 67.7. The lowest BCUT2D eigenvalue weighted by Crippen LogP contribution is -2.18. The van der Waals surface area contributed by atoms with Crippen molar-refractivity contribution in [2.24, 2.45) is 0 Å². The fourth-order valence-corrected chi connectivity index (χ4v) is 3.83. The number of carbonyl (C=O) groups is 1. The quantitative estimate of drug-likeness (QED) is 0.570. The first-order chi connectivity index (χ1) is 15.0. The number of nitrogens with one attached hydrogen (secondary N) is 2. The number of rotatable bonds is 6. The van der Waals surface area contributed by atoms with E-state index in [0.29, 0.717) is 11.4 Å². The molecule has 11 heteroatoms. The summed E-state index contributed by atoms with van der Waals surface area (Å²) in [5.41, 5.74) is -0.756. The molecule has 0 fully saturated rings. The molecule has 0 bridgehead atoms. The number of alkyl halides is 3. The van der Waals surface area contributed by atoms with Crippen molar-refractivity contribution in [3.63, 3.8) is 0 Å². The smallest absolute Gasteiger partial charge is 0.378 e. The highest BCUT2D eigenvalue weighted by atomic mass is 32.2. The maximum absolute atomic E-state index is 13.5. The van der Waals surface area contributed by atoms with Gasteiger partial charge in [-0.2, -0.15) is 13.2 Å². The average Bonchev–Trinajstić information content (AvgIpc) is 2.73. The number of anilines is 3. The van der Waals surface area contributed by atoms with Crippen molar-refractivity contribution in [2.45, 2.75) is 11.1 Å². The number of sulfonamides is 1. The molecule has 0 saturated carbocycles. The van der Waals surface area contributed by atoms with Crippen molar-refractivity contribution in [3.8, 4) is 0 Å². The molecule has 0 atom stereocenters. The van der Waals surface area contributed by atoms with Gasteiger partial charge in [-0.05, 0) is 54.6 Å². The Kier molecular flexibility index (Phi) is 6.40. The van der Waals surface area contributed by atoms with E-state index in [1.54, 1.807) is 14.1 Å². The van der Waals surface area contributed by atoms with Crippen molar-refractivity contribution >= 4 is 33.0 Å². The van der Waals surface area contributed by atoms with Crippen LogP contribution in [0.1, 0.15) is 15.9 Å². The van der Waals surface area contributed by atoms with Crippen LogP contribution in [0.2, 0.25) is 0 Å². The van der Waals surface area contributed by atoms with E-state index in [9.17, 15) is 26.4 Å². The highest BCUT2D eigenvalue weighted by Crippen LogP contribution is 2.37. The highest BCUT2D eigenvalue weighted by Gasteiger charge is 2.34. The average molecular weight is 464 g/mol. The molecule has 0 aliphatic carbocycles. The van der Waals surface area contributed by atoms with Gasteiger partial charge < -0.3 is 10.2 Å². The van der Waals surface area contributed by atoms with E-state index < -0.39 is 33.4 Å². The maximum Gasteiger partial charge on any atom is 0.418 e. The molecule has 0 aliphatic rings. The lowest BCUT2D eigenvalue weighted by Gasteiger charge is -2.18. The second-order valence-corrected chi connectivity index (χ2v) is 8.62. The number of hydrogen-bond donors (Lipinski definition) is 2. The van der Waals surface area contributed by atoms with Gasteiger partial charge in [-0.15, -0.1) is 0 Å². The van der Waals surface area contributed by atoms with Gasteiger partial charge in [0.15, 0.2) is 0 Å². The lowest BCUT2D eigenvalue weighted by atomic mass is 10.1. The Morgan fingerprint density at radius 3 is 2.16 bits per heavy atom. The minimum absolute atomic E-state index is 0.00216. The van der Waals surface area contributed by atoms with Gasteiger partial charge in [-0.1, -0.05) is 0 Å². The van der Waals surface area contributed by atoms with E-state index >= 15 is 0 Å². The molecule has 32 heavy (non-hydrogen) atoms. The van der Waals surface area contributed by atoms with E-state index in [1.165, 1.54) is 65.8 Å². The second kappa shape index (κ2) is 8.87.